The number of benzene rings is 2. The highest BCUT2D eigenvalue weighted by Crippen LogP contribution is 2.38. The molecule has 10 heteroatoms. The first-order chi connectivity index (χ1) is 17.1. The molecule has 0 saturated heterocycles. The standard InChI is InChI=1S/C26H24ClF2N3O4/c1-14(2)32-11-10-20(31-32)17-6-4-16(5-7-17)12-18-15(3)23-21(35-13-22(33)34)9-8-19(27)24(23)30-25(18)36-26(28)29/h4-11,14,26H,12-13H2,1-3H3,(H,33,34). The van der Waals surface area contributed by atoms with Crippen LogP contribution < -0.4 is 9.47 Å². The maximum atomic E-state index is 13.3. The van der Waals surface area contributed by atoms with E-state index in [9.17, 15) is 13.6 Å². The minimum Gasteiger partial charge on any atom is -0.481 e. The second-order valence-electron chi connectivity index (χ2n) is 8.50. The van der Waals surface area contributed by atoms with Gasteiger partial charge in [0.2, 0.25) is 5.88 Å². The zero-order valence-corrected chi connectivity index (χ0v) is 20.6. The van der Waals surface area contributed by atoms with Crippen molar-refractivity contribution in [2.45, 2.75) is 39.8 Å². The number of aryl methyl sites for hydroxylation is 1. The molecule has 2 aromatic heterocycles. The lowest BCUT2D eigenvalue weighted by atomic mass is 9.97. The van der Waals surface area contributed by atoms with Gasteiger partial charge in [-0.25, -0.2) is 9.78 Å². The quantitative estimate of drug-likeness (QED) is 0.281. The Morgan fingerprint density at radius 1 is 1.14 bits per heavy atom. The van der Waals surface area contributed by atoms with E-state index in [0.717, 1.165) is 16.8 Å². The molecule has 2 heterocycles. The van der Waals surface area contributed by atoms with Crippen LogP contribution in [0, 0.1) is 6.92 Å². The number of alkyl halides is 2. The third-order valence-corrected chi connectivity index (χ3v) is 6.01. The van der Waals surface area contributed by atoms with E-state index in [1.807, 2.05) is 55.1 Å². The van der Waals surface area contributed by atoms with E-state index in [0.29, 0.717) is 16.5 Å². The number of hydrogen-bond donors (Lipinski definition) is 1. The van der Waals surface area contributed by atoms with Crippen LogP contribution in [-0.2, 0) is 11.2 Å². The number of aromatic nitrogens is 3. The van der Waals surface area contributed by atoms with Gasteiger partial charge in [0.25, 0.3) is 0 Å². The van der Waals surface area contributed by atoms with Crippen molar-refractivity contribution in [2.24, 2.45) is 0 Å². The molecule has 36 heavy (non-hydrogen) atoms. The van der Waals surface area contributed by atoms with Gasteiger partial charge in [-0.15, -0.1) is 0 Å². The summed E-state index contributed by atoms with van der Waals surface area (Å²) in [5, 5.41) is 14.2. The summed E-state index contributed by atoms with van der Waals surface area (Å²) in [6.07, 6.45) is 2.16. The van der Waals surface area contributed by atoms with E-state index >= 15 is 0 Å². The van der Waals surface area contributed by atoms with Crippen LogP contribution in [0.1, 0.15) is 36.6 Å². The zero-order chi connectivity index (χ0) is 26.0. The molecule has 0 aliphatic carbocycles. The number of fused-ring (bicyclic) bond motifs is 1. The summed E-state index contributed by atoms with van der Waals surface area (Å²) in [6, 6.07) is 12.8. The zero-order valence-electron chi connectivity index (χ0n) is 19.8. The van der Waals surface area contributed by atoms with E-state index in [2.05, 4.69) is 10.1 Å². The fourth-order valence-electron chi connectivity index (χ4n) is 3.93. The molecule has 0 atom stereocenters. The van der Waals surface area contributed by atoms with Gasteiger partial charge >= 0.3 is 12.6 Å². The monoisotopic (exact) mass is 515 g/mol. The van der Waals surface area contributed by atoms with Gasteiger partial charge in [0.05, 0.1) is 16.2 Å². The van der Waals surface area contributed by atoms with E-state index in [4.69, 9.17) is 26.2 Å². The predicted octanol–water partition coefficient (Wildman–Crippen LogP) is 6.30. The summed E-state index contributed by atoms with van der Waals surface area (Å²) in [4.78, 5) is 15.3. The summed E-state index contributed by atoms with van der Waals surface area (Å²) in [7, 11) is 0. The van der Waals surface area contributed by atoms with Gasteiger partial charge in [-0.1, -0.05) is 35.9 Å². The first-order valence-corrected chi connectivity index (χ1v) is 11.6. The highest BCUT2D eigenvalue weighted by Gasteiger charge is 2.21. The Labute approximate surface area is 211 Å². The van der Waals surface area contributed by atoms with Gasteiger partial charge in [0.15, 0.2) is 6.61 Å². The first kappa shape index (κ1) is 25.4. The fourth-order valence-corrected chi connectivity index (χ4v) is 4.13. The third-order valence-electron chi connectivity index (χ3n) is 5.71. The van der Waals surface area contributed by atoms with Crippen LogP contribution in [0.25, 0.3) is 22.2 Å². The smallest absolute Gasteiger partial charge is 0.388 e. The molecule has 0 bridgehead atoms. The average molecular weight is 516 g/mol. The fraction of sp³-hybridized carbons (Fsp3) is 0.269. The number of aliphatic carboxylic acids is 1. The summed E-state index contributed by atoms with van der Waals surface area (Å²) >= 11 is 6.30. The van der Waals surface area contributed by atoms with Gasteiger partial charge in [0.1, 0.15) is 5.75 Å². The molecule has 0 spiro atoms. The van der Waals surface area contributed by atoms with Gasteiger partial charge in [-0.05, 0) is 50.1 Å². The number of rotatable bonds is 9. The molecular formula is C26H24ClF2N3O4. The Balaban J connectivity index is 1.75. The number of carboxylic acids is 1. The van der Waals surface area contributed by atoms with Crippen molar-refractivity contribution in [2.75, 3.05) is 6.61 Å². The minimum absolute atomic E-state index is 0.188. The molecule has 0 aliphatic heterocycles. The molecule has 7 nitrogen and oxygen atoms in total. The molecule has 0 amide bonds. The maximum absolute atomic E-state index is 13.3. The lowest BCUT2D eigenvalue weighted by Crippen LogP contribution is -2.11. The van der Waals surface area contributed by atoms with Crippen LogP contribution in [-0.4, -0.2) is 39.1 Å². The Bertz CT molecular complexity index is 1400. The summed E-state index contributed by atoms with van der Waals surface area (Å²) < 4.78 is 38.6. The summed E-state index contributed by atoms with van der Waals surface area (Å²) in [5.41, 5.74) is 3.75. The van der Waals surface area contributed by atoms with E-state index in [1.165, 1.54) is 12.1 Å². The third kappa shape index (κ3) is 5.41. The molecule has 2 aromatic carbocycles. The second-order valence-corrected chi connectivity index (χ2v) is 8.91. The number of ether oxygens (including phenoxy) is 2. The van der Waals surface area contributed by atoms with Gasteiger partial charge in [0, 0.05) is 35.2 Å². The highest BCUT2D eigenvalue weighted by atomic mass is 35.5. The van der Waals surface area contributed by atoms with Crippen LogP contribution in [0.5, 0.6) is 11.6 Å². The second kappa shape index (κ2) is 10.5. The molecule has 0 unspecified atom stereocenters. The summed E-state index contributed by atoms with van der Waals surface area (Å²) in [6.45, 7) is 2.15. The van der Waals surface area contributed by atoms with Crippen LogP contribution in [0.4, 0.5) is 8.78 Å². The average Bonchev–Trinajstić information content (AvgIpc) is 3.32. The predicted molar refractivity (Wildman–Crippen MR) is 132 cm³/mol. The molecule has 0 fully saturated rings. The molecule has 0 saturated carbocycles. The molecular weight excluding hydrogens is 492 g/mol. The van der Waals surface area contributed by atoms with Crippen molar-refractivity contribution < 1.29 is 28.2 Å². The van der Waals surface area contributed by atoms with Crippen molar-refractivity contribution in [1.29, 1.82) is 0 Å². The van der Waals surface area contributed by atoms with Crippen molar-refractivity contribution >= 4 is 28.5 Å². The molecule has 0 radical (unpaired) electrons. The summed E-state index contributed by atoms with van der Waals surface area (Å²) in [5.74, 6) is -1.16. The maximum Gasteiger partial charge on any atom is 0.388 e. The van der Waals surface area contributed by atoms with Crippen molar-refractivity contribution in [3.63, 3.8) is 0 Å². The van der Waals surface area contributed by atoms with Crippen LogP contribution in [0.3, 0.4) is 0 Å². The number of nitrogens with zero attached hydrogens (tertiary/aromatic N) is 3. The van der Waals surface area contributed by atoms with Crippen molar-refractivity contribution in [1.82, 2.24) is 14.8 Å². The number of carbonyl (C=O) groups is 1. The normalized spacial score (nSPS) is 11.4. The highest BCUT2D eigenvalue weighted by molar-refractivity contribution is 6.35. The van der Waals surface area contributed by atoms with Gasteiger partial charge < -0.3 is 14.6 Å². The Kier molecular flexibility index (Phi) is 7.40. The van der Waals surface area contributed by atoms with E-state index in [1.54, 1.807) is 6.92 Å². The Morgan fingerprint density at radius 3 is 2.47 bits per heavy atom. The lowest BCUT2D eigenvalue weighted by molar-refractivity contribution is -0.139. The van der Waals surface area contributed by atoms with Crippen LogP contribution in [0.15, 0.2) is 48.7 Å². The van der Waals surface area contributed by atoms with Crippen LogP contribution >= 0.6 is 11.6 Å². The van der Waals surface area contributed by atoms with Crippen molar-refractivity contribution in [3.05, 3.63) is 70.4 Å². The van der Waals surface area contributed by atoms with E-state index < -0.39 is 19.2 Å². The largest absolute Gasteiger partial charge is 0.481 e. The number of halogens is 3. The lowest BCUT2D eigenvalue weighted by Gasteiger charge is -2.18. The molecule has 188 valence electrons. The minimum atomic E-state index is -3.09. The SMILES string of the molecule is Cc1c(Cc2ccc(-c3ccn(C(C)C)n3)cc2)c(OC(F)F)nc2c(Cl)ccc(OCC(=O)O)c12. The van der Waals surface area contributed by atoms with Crippen LogP contribution in [0.2, 0.25) is 5.02 Å². The first-order valence-electron chi connectivity index (χ1n) is 11.2. The van der Waals surface area contributed by atoms with Crippen molar-refractivity contribution in [3.8, 4) is 22.9 Å². The van der Waals surface area contributed by atoms with Gasteiger partial charge in [-0.2, -0.15) is 13.9 Å². The number of hydrogen-bond acceptors (Lipinski definition) is 5. The van der Waals surface area contributed by atoms with Gasteiger partial charge in [-0.3, -0.25) is 4.68 Å². The molecule has 4 aromatic rings. The number of carboxylic acid groups (broad SMARTS) is 1. The molecule has 4 rings (SSSR count). The molecule has 0 aliphatic rings. The number of pyridine rings is 1. The topological polar surface area (TPSA) is 86.5 Å². The molecule has 1 N–H and O–H groups in total. The Hall–Kier alpha value is -3.72. The Morgan fingerprint density at radius 2 is 1.86 bits per heavy atom. The van der Waals surface area contributed by atoms with E-state index in [-0.39, 0.29) is 34.6 Å².